The van der Waals surface area contributed by atoms with Gasteiger partial charge in [0.05, 0.1) is 25.7 Å². The normalized spacial score (nSPS) is 17.9. The van der Waals surface area contributed by atoms with E-state index in [2.05, 4.69) is 10.2 Å². The SMILES string of the molecule is COc1cc2c(cc1OC)CN(C(=O)C1CCCN(CCNC(=O)c3cc(F)c(F)cc3F)C1)CC2. The summed E-state index contributed by atoms with van der Waals surface area (Å²) in [4.78, 5) is 29.5. The van der Waals surface area contributed by atoms with Crippen molar-refractivity contribution in [2.45, 2.75) is 25.8 Å². The number of benzene rings is 2. The molecule has 2 aliphatic heterocycles. The van der Waals surface area contributed by atoms with Gasteiger partial charge >= 0.3 is 0 Å². The largest absolute Gasteiger partial charge is 0.493 e. The van der Waals surface area contributed by atoms with Crippen LogP contribution in [0.5, 0.6) is 11.5 Å². The molecule has 10 heteroatoms. The fourth-order valence-electron chi connectivity index (χ4n) is 4.91. The van der Waals surface area contributed by atoms with Gasteiger partial charge in [-0.25, -0.2) is 13.2 Å². The summed E-state index contributed by atoms with van der Waals surface area (Å²) < 4.78 is 51.1. The first-order valence-corrected chi connectivity index (χ1v) is 12.0. The van der Waals surface area contributed by atoms with Crippen LogP contribution in [-0.4, -0.2) is 68.6 Å². The van der Waals surface area contributed by atoms with Crippen molar-refractivity contribution in [1.29, 1.82) is 0 Å². The van der Waals surface area contributed by atoms with Crippen LogP contribution in [0.25, 0.3) is 0 Å². The molecule has 2 heterocycles. The number of likely N-dealkylation sites (tertiary alicyclic amines) is 1. The number of hydrogen-bond donors (Lipinski definition) is 1. The molecule has 1 fully saturated rings. The van der Waals surface area contributed by atoms with Crippen LogP contribution in [0.3, 0.4) is 0 Å². The second-order valence-electron chi connectivity index (χ2n) is 9.13. The first kappa shape index (κ1) is 25.8. The Bertz CT molecular complexity index is 1140. The van der Waals surface area contributed by atoms with Crippen molar-refractivity contribution in [3.05, 3.63) is 58.4 Å². The summed E-state index contributed by atoms with van der Waals surface area (Å²) in [5.74, 6) is -3.28. The van der Waals surface area contributed by atoms with Crippen molar-refractivity contribution in [3.8, 4) is 11.5 Å². The van der Waals surface area contributed by atoms with E-state index in [1.165, 1.54) is 0 Å². The minimum atomic E-state index is -1.34. The predicted molar refractivity (Wildman–Crippen MR) is 126 cm³/mol. The highest BCUT2D eigenvalue weighted by atomic mass is 19.2. The Balaban J connectivity index is 1.31. The van der Waals surface area contributed by atoms with Gasteiger partial charge in [-0.15, -0.1) is 0 Å². The molecule has 2 aliphatic rings. The first-order chi connectivity index (χ1) is 17.3. The van der Waals surface area contributed by atoms with Crippen LogP contribution in [0.15, 0.2) is 24.3 Å². The molecule has 0 saturated carbocycles. The Morgan fingerprint density at radius 2 is 1.67 bits per heavy atom. The van der Waals surface area contributed by atoms with Crippen molar-refractivity contribution < 1.29 is 32.2 Å². The van der Waals surface area contributed by atoms with Crippen LogP contribution in [0.1, 0.15) is 34.3 Å². The van der Waals surface area contributed by atoms with E-state index in [-0.39, 0.29) is 18.4 Å². The van der Waals surface area contributed by atoms with E-state index in [0.29, 0.717) is 49.8 Å². The Kier molecular flexibility index (Phi) is 8.03. The molecule has 0 aliphatic carbocycles. The third-order valence-corrected chi connectivity index (χ3v) is 6.85. The van der Waals surface area contributed by atoms with Gasteiger partial charge in [-0.1, -0.05) is 0 Å². The van der Waals surface area contributed by atoms with Crippen LogP contribution >= 0.6 is 0 Å². The number of amides is 2. The van der Waals surface area contributed by atoms with Gasteiger partial charge in [0.15, 0.2) is 23.1 Å². The summed E-state index contributed by atoms with van der Waals surface area (Å²) in [5, 5.41) is 2.55. The lowest BCUT2D eigenvalue weighted by Gasteiger charge is -2.37. The average Bonchev–Trinajstić information content (AvgIpc) is 2.89. The number of nitrogens with one attached hydrogen (secondary N) is 1. The van der Waals surface area contributed by atoms with Gasteiger partial charge in [0.25, 0.3) is 5.91 Å². The van der Waals surface area contributed by atoms with Crippen LogP contribution in [0, 0.1) is 23.4 Å². The standard InChI is InChI=1S/C26H30F3N3O4/c1-35-23-10-16-5-8-32(15-18(16)11-24(23)36-2)26(34)17-4-3-7-31(14-17)9-6-30-25(33)19-12-21(28)22(29)13-20(19)27/h10-13,17H,3-9,14-15H2,1-2H3,(H,30,33). The number of rotatable bonds is 7. The molecule has 1 atom stereocenters. The van der Waals surface area contributed by atoms with Crippen LogP contribution in [-0.2, 0) is 17.8 Å². The fourth-order valence-corrected chi connectivity index (χ4v) is 4.91. The average molecular weight is 506 g/mol. The number of fused-ring (bicyclic) bond motifs is 1. The molecule has 0 spiro atoms. The molecular formula is C26H30F3N3O4. The minimum Gasteiger partial charge on any atom is -0.493 e. The molecule has 0 bridgehead atoms. The van der Waals surface area contributed by atoms with Crippen molar-refractivity contribution in [3.63, 3.8) is 0 Å². The van der Waals surface area contributed by atoms with E-state index >= 15 is 0 Å². The Morgan fingerprint density at radius 1 is 0.972 bits per heavy atom. The number of nitrogens with zero attached hydrogens (tertiary/aromatic N) is 2. The number of hydrogen-bond acceptors (Lipinski definition) is 5. The lowest BCUT2D eigenvalue weighted by molar-refractivity contribution is -0.138. The molecule has 2 aromatic carbocycles. The molecule has 194 valence electrons. The first-order valence-electron chi connectivity index (χ1n) is 12.0. The predicted octanol–water partition coefficient (Wildman–Crippen LogP) is 3.15. The summed E-state index contributed by atoms with van der Waals surface area (Å²) in [7, 11) is 3.19. The smallest absolute Gasteiger partial charge is 0.254 e. The molecular weight excluding hydrogens is 475 g/mol. The second-order valence-corrected chi connectivity index (χ2v) is 9.13. The quantitative estimate of drug-likeness (QED) is 0.586. The van der Waals surface area contributed by atoms with Gasteiger partial charge in [0.1, 0.15) is 5.82 Å². The number of methoxy groups -OCH3 is 2. The van der Waals surface area contributed by atoms with Crippen molar-refractivity contribution in [1.82, 2.24) is 15.1 Å². The zero-order valence-corrected chi connectivity index (χ0v) is 20.4. The third kappa shape index (κ3) is 5.59. The molecule has 1 N–H and O–H groups in total. The molecule has 1 unspecified atom stereocenters. The zero-order valence-electron chi connectivity index (χ0n) is 20.4. The van der Waals surface area contributed by atoms with Crippen molar-refractivity contribution in [2.75, 3.05) is 46.9 Å². The molecule has 1 saturated heterocycles. The van der Waals surface area contributed by atoms with Crippen LogP contribution in [0.4, 0.5) is 13.2 Å². The summed E-state index contributed by atoms with van der Waals surface area (Å²) in [6.07, 6.45) is 2.37. The van der Waals surface area contributed by atoms with Crippen LogP contribution in [0.2, 0.25) is 0 Å². The summed E-state index contributed by atoms with van der Waals surface area (Å²) in [5.41, 5.74) is 1.66. The second kappa shape index (κ2) is 11.2. The van der Waals surface area contributed by atoms with E-state index in [1.807, 2.05) is 17.0 Å². The third-order valence-electron chi connectivity index (χ3n) is 6.85. The number of carbonyl (C=O) groups excluding carboxylic acids is 2. The molecule has 4 rings (SSSR count). The number of piperidine rings is 1. The van der Waals surface area contributed by atoms with Crippen LogP contribution < -0.4 is 14.8 Å². The highest BCUT2D eigenvalue weighted by molar-refractivity contribution is 5.94. The van der Waals surface area contributed by atoms with Crippen molar-refractivity contribution in [2.24, 2.45) is 5.92 Å². The monoisotopic (exact) mass is 505 g/mol. The van der Waals surface area contributed by atoms with Gasteiger partial charge in [-0.3, -0.25) is 9.59 Å². The lowest BCUT2D eigenvalue weighted by atomic mass is 9.93. The summed E-state index contributed by atoms with van der Waals surface area (Å²) in [6, 6.07) is 4.81. The minimum absolute atomic E-state index is 0.105. The summed E-state index contributed by atoms with van der Waals surface area (Å²) >= 11 is 0. The zero-order chi connectivity index (χ0) is 25.8. The molecule has 2 amide bonds. The molecule has 7 nitrogen and oxygen atoms in total. The molecule has 2 aromatic rings. The topological polar surface area (TPSA) is 71.1 Å². The highest BCUT2D eigenvalue weighted by Gasteiger charge is 2.31. The maximum absolute atomic E-state index is 13.8. The molecule has 0 radical (unpaired) electrons. The Morgan fingerprint density at radius 3 is 2.39 bits per heavy atom. The molecule has 0 aromatic heterocycles. The van der Waals surface area contributed by atoms with E-state index in [0.717, 1.165) is 36.9 Å². The number of ether oxygens (including phenoxy) is 2. The van der Waals surface area contributed by atoms with Gasteiger partial charge in [0.2, 0.25) is 5.91 Å². The Labute approximate surface area is 208 Å². The van der Waals surface area contributed by atoms with Gasteiger partial charge < -0.3 is 24.6 Å². The fraction of sp³-hybridized carbons (Fsp3) is 0.462. The Hall–Kier alpha value is -3.27. The van der Waals surface area contributed by atoms with Gasteiger partial charge in [-0.05, 0) is 55.1 Å². The van der Waals surface area contributed by atoms with Gasteiger partial charge in [0, 0.05) is 38.8 Å². The van der Waals surface area contributed by atoms with E-state index in [4.69, 9.17) is 9.47 Å². The maximum Gasteiger partial charge on any atom is 0.254 e. The highest BCUT2D eigenvalue weighted by Crippen LogP contribution is 2.34. The maximum atomic E-state index is 13.8. The lowest BCUT2D eigenvalue weighted by Crippen LogP contribution is -2.47. The van der Waals surface area contributed by atoms with Gasteiger partial charge in [-0.2, -0.15) is 0 Å². The van der Waals surface area contributed by atoms with E-state index < -0.39 is 28.9 Å². The number of halogens is 3. The van der Waals surface area contributed by atoms with E-state index in [1.54, 1.807) is 14.2 Å². The van der Waals surface area contributed by atoms with Crippen molar-refractivity contribution >= 4 is 11.8 Å². The summed E-state index contributed by atoms with van der Waals surface area (Å²) in [6.45, 7) is 3.13. The number of carbonyl (C=O) groups is 2. The molecule has 36 heavy (non-hydrogen) atoms. The van der Waals surface area contributed by atoms with E-state index in [9.17, 15) is 22.8 Å².